The van der Waals surface area contributed by atoms with Gasteiger partial charge >= 0.3 is 0 Å². The van der Waals surface area contributed by atoms with Gasteiger partial charge in [0.25, 0.3) is 5.91 Å². The van der Waals surface area contributed by atoms with E-state index in [0.717, 1.165) is 16.8 Å². The summed E-state index contributed by atoms with van der Waals surface area (Å²) in [6.07, 6.45) is 0. The van der Waals surface area contributed by atoms with Gasteiger partial charge in [-0.25, -0.2) is 4.39 Å². The van der Waals surface area contributed by atoms with Crippen molar-refractivity contribution >= 4 is 40.3 Å². The smallest absolute Gasteiger partial charge is 0.270 e. The number of fused-ring (bicyclic) bond motifs is 2. The van der Waals surface area contributed by atoms with E-state index in [2.05, 4.69) is 10.4 Å². The second kappa shape index (κ2) is 5.05. The normalized spacial score (nSPS) is 22.4. The highest BCUT2D eigenvalue weighted by Gasteiger charge is 2.60. The highest BCUT2D eigenvalue weighted by molar-refractivity contribution is 8.15. The Labute approximate surface area is 135 Å². The zero-order valence-corrected chi connectivity index (χ0v) is 13.4. The highest BCUT2D eigenvalue weighted by atomic mass is 32.2. The number of likely N-dealkylation sites (N-methyl/N-ethyl adjacent to an activating group) is 1. The molecule has 0 aliphatic carbocycles. The van der Waals surface area contributed by atoms with Crippen molar-refractivity contribution in [1.29, 1.82) is 0 Å². The monoisotopic (exact) mass is 336 g/mol. The van der Waals surface area contributed by atoms with Gasteiger partial charge in [-0.1, -0.05) is 0 Å². The molecule has 1 N–H and O–H groups in total. The van der Waals surface area contributed by atoms with Gasteiger partial charge < -0.3 is 10.2 Å². The predicted molar refractivity (Wildman–Crippen MR) is 82.9 cm³/mol. The first-order valence-electron chi connectivity index (χ1n) is 6.71. The van der Waals surface area contributed by atoms with Crippen LogP contribution in [0, 0.1) is 5.82 Å². The number of hydrogen-bond donors (Lipinski definition) is 1. The van der Waals surface area contributed by atoms with Crippen LogP contribution in [0.5, 0.6) is 0 Å². The molecule has 2 aliphatic heterocycles. The first-order valence-corrected chi connectivity index (χ1v) is 7.53. The zero-order chi connectivity index (χ0) is 16.9. The summed E-state index contributed by atoms with van der Waals surface area (Å²) in [5.41, 5.74) is 0.823. The Morgan fingerprint density at radius 3 is 2.65 bits per heavy atom. The van der Waals surface area contributed by atoms with Gasteiger partial charge in [0.05, 0.1) is 5.69 Å². The quantitative estimate of drug-likeness (QED) is 0.765. The van der Waals surface area contributed by atoms with Crippen LogP contribution in [0.15, 0.2) is 23.3 Å². The first-order chi connectivity index (χ1) is 10.8. The fraction of sp³-hybridized carbons (Fsp3) is 0.286. The number of carbonyl (C=O) groups is 3. The number of thioether (sulfide) groups is 1. The van der Waals surface area contributed by atoms with Crippen molar-refractivity contribution in [3.8, 4) is 0 Å². The van der Waals surface area contributed by atoms with E-state index in [1.54, 1.807) is 7.05 Å². The Morgan fingerprint density at radius 1 is 1.35 bits per heavy atom. The van der Waals surface area contributed by atoms with Crippen molar-refractivity contribution < 1.29 is 18.8 Å². The average Bonchev–Trinajstić information content (AvgIpc) is 2.93. The van der Waals surface area contributed by atoms with Crippen LogP contribution in [0.4, 0.5) is 10.1 Å². The SMILES string of the molecule is CC(=O)NC1=NN(C(C)=O)[C@]2(S1)C(=O)N(C)c1ccc(F)cc12. The number of halogens is 1. The summed E-state index contributed by atoms with van der Waals surface area (Å²) in [6.45, 7) is 2.55. The van der Waals surface area contributed by atoms with E-state index >= 15 is 0 Å². The number of nitrogens with zero attached hydrogens (tertiary/aromatic N) is 3. The zero-order valence-electron chi connectivity index (χ0n) is 12.6. The molecule has 3 amide bonds. The number of amides is 3. The Morgan fingerprint density at radius 2 is 2.04 bits per heavy atom. The van der Waals surface area contributed by atoms with Gasteiger partial charge in [-0.3, -0.25) is 14.4 Å². The molecule has 0 radical (unpaired) electrons. The summed E-state index contributed by atoms with van der Waals surface area (Å²) in [5.74, 6) is -1.82. The van der Waals surface area contributed by atoms with Crippen molar-refractivity contribution in [3.63, 3.8) is 0 Å². The van der Waals surface area contributed by atoms with Crippen molar-refractivity contribution in [3.05, 3.63) is 29.6 Å². The number of nitrogens with one attached hydrogen (secondary N) is 1. The minimum Gasteiger partial charge on any atom is -0.312 e. The predicted octanol–water partition coefficient (Wildman–Crippen LogP) is 0.957. The molecular formula is C14H13FN4O3S. The van der Waals surface area contributed by atoms with E-state index in [4.69, 9.17) is 0 Å². The summed E-state index contributed by atoms with van der Waals surface area (Å²) >= 11 is 0.914. The van der Waals surface area contributed by atoms with E-state index in [0.29, 0.717) is 11.3 Å². The van der Waals surface area contributed by atoms with E-state index in [9.17, 15) is 18.8 Å². The molecule has 3 rings (SSSR count). The van der Waals surface area contributed by atoms with E-state index < -0.39 is 22.5 Å². The third-order valence-corrected chi connectivity index (χ3v) is 4.83. The number of hydrogen-bond acceptors (Lipinski definition) is 5. The van der Waals surface area contributed by atoms with Gasteiger partial charge in [0.1, 0.15) is 5.82 Å². The van der Waals surface area contributed by atoms with Crippen LogP contribution < -0.4 is 10.2 Å². The molecule has 1 spiro atoms. The van der Waals surface area contributed by atoms with Gasteiger partial charge in [0.2, 0.25) is 16.7 Å². The van der Waals surface area contributed by atoms with Gasteiger partial charge in [-0.2, -0.15) is 5.01 Å². The summed E-state index contributed by atoms with van der Waals surface area (Å²) in [7, 11) is 1.54. The molecule has 0 aromatic heterocycles. The van der Waals surface area contributed by atoms with Crippen molar-refractivity contribution in [2.75, 3.05) is 11.9 Å². The minimum atomic E-state index is -1.53. The molecule has 1 aromatic rings. The lowest BCUT2D eigenvalue weighted by Gasteiger charge is -2.28. The lowest BCUT2D eigenvalue weighted by atomic mass is 10.1. The number of carbonyl (C=O) groups excluding carboxylic acids is 3. The molecule has 120 valence electrons. The van der Waals surface area contributed by atoms with Gasteiger partial charge in [-0.05, 0) is 30.0 Å². The molecule has 0 bridgehead atoms. The first kappa shape index (κ1) is 15.5. The molecule has 0 saturated carbocycles. The van der Waals surface area contributed by atoms with Crippen LogP contribution in [0.3, 0.4) is 0 Å². The molecule has 0 saturated heterocycles. The summed E-state index contributed by atoms with van der Waals surface area (Å²) < 4.78 is 13.7. The molecular weight excluding hydrogens is 323 g/mol. The average molecular weight is 336 g/mol. The molecule has 23 heavy (non-hydrogen) atoms. The van der Waals surface area contributed by atoms with Crippen LogP contribution in [0.1, 0.15) is 19.4 Å². The van der Waals surface area contributed by atoms with Crippen LogP contribution in [0.25, 0.3) is 0 Å². The molecule has 1 aromatic carbocycles. The topological polar surface area (TPSA) is 82.1 Å². The number of rotatable bonds is 0. The summed E-state index contributed by atoms with van der Waals surface area (Å²) in [5, 5.41) is 7.62. The maximum Gasteiger partial charge on any atom is 0.270 e. The van der Waals surface area contributed by atoms with Crippen molar-refractivity contribution in [2.45, 2.75) is 18.7 Å². The van der Waals surface area contributed by atoms with E-state index in [1.807, 2.05) is 0 Å². The lowest BCUT2D eigenvalue weighted by Crippen LogP contribution is -2.47. The Hall–Kier alpha value is -2.42. The van der Waals surface area contributed by atoms with E-state index in [-0.39, 0.29) is 11.1 Å². The molecule has 7 nitrogen and oxygen atoms in total. The Bertz CT molecular complexity index is 781. The van der Waals surface area contributed by atoms with Crippen LogP contribution in [-0.4, -0.2) is 34.9 Å². The molecule has 0 unspecified atom stereocenters. The van der Waals surface area contributed by atoms with Crippen LogP contribution in [-0.2, 0) is 19.3 Å². The Balaban J connectivity index is 2.18. The molecule has 2 heterocycles. The highest BCUT2D eigenvalue weighted by Crippen LogP contribution is 2.54. The third-order valence-electron chi connectivity index (χ3n) is 3.59. The van der Waals surface area contributed by atoms with Crippen LogP contribution >= 0.6 is 11.8 Å². The summed E-state index contributed by atoms with van der Waals surface area (Å²) in [6, 6.07) is 3.94. The number of amidine groups is 1. The molecule has 0 fully saturated rings. The fourth-order valence-electron chi connectivity index (χ4n) is 2.69. The molecule has 9 heteroatoms. The van der Waals surface area contributed by atoms with Crippen molar-refractivity contribution in [1.82, 2.24) is 10.3 Å². The minimum absolute atomic E-state index is 0.117. The second-order valence-electron chi connectivity index (χ2n) is 5.19. The van der Waals surface area contributed by atoms with E-state index in [1.165, 1.54) is 36.9 Å². The molecule has 1 atom stereocenters. The second-order valence-corrected chi connectivity index (χ2v) is 6.37. The largest absolute Gasteiger partial charge is 0.312 e. The number of anilines is 1. The van der Waals surface area contributed by atoms with Gasteiger partial charge in [-0.15, -0.1) is 5.10 Å². The fourth-order valence-corrected chi connectivity index (χ4v) is 4.04. The maximum atomic E-state index is 13.7. The lowest BCUT2D eigenvalue weighted by molar-refractivity contribution is -0.139. The van der Waals surface area contributed by atoms with Gasteiger partial charge in [0.15, 0.2) is 5.17 Å². The van der Waals surface area contributed by atoms with Gasteiger partial charge in [0, 0.05) is 26.5 Å². The number of hydrazone groups is 1. The number of benzene rings is 1. The maximum absolute atomic E-state index is 13.7. The third kappa shape index (κ3) is 2.11. The van der Waals surface area contributed by atoms with Crippen LogP contribution in [0.2, 0.25) is 0 Å². The van der Waals surface area contributed by atoms with Crippen molar-refractivity contribution in [2.24, 2.45) is 5.10 Å². The molecule has 2 aliphatic rings. The Kier molecular flexibility index (Phi) is 3.40. The standard InChI is InChI=1S/C14H13FN4O3S/c1-7(20)16-13-17-19(8(2)21)14(23-13)10-6-9(15)4-5-11(10)18(3)12(14)22/h4-6H,1-3H3,(H,16,17,20)/t14-/m1/s1. The summed E-state index contributed by atoms with van der Waals surface area (Å²) in [4.78, 5) is 35.9.